The molecule has 1 saturated heterocycles. The molecule has 1 fully saturated rings. The smallest absolute Gasteiger partial charge is 0.348 e. The molecule has 3 heterocycles. The first-order valence-electron chi connectivity index (χ1n) is 5.87. The Morgan fingerprint density at radius 2 is 2.20 bits per heavy atom. The van der Waals surface area contributed by atoms with Crippen LogP contribution in [-0.2, 0) is 4.74 Å². The maximum absolute atomic E-state index is 11.4. The van der Waals surface area contributed by atoms with Crippen LogP contribution < -0.4 is 11.4 Å². The summed E-state index contributed by atoms with van der Waals surface area (Å²) in [5, 5.41) is 28.7. The molecule has 20 heavy (non-hydrogen) atoms. The number of H-pyrrole nitrogens is 1. The Morgan fingerprint density at radius 3 is 2.85 bits per heavy atom. The Bertz CT molecular complexity index is 697. The van der Waals surface area contributed by atoms with Gasteiger partial charge in [0.2, 0.25) is 0 Å². The fraction of sp³-hybridized carbons (Fsp3) is 0.500. The summed E-state index contributed by atoms with van der Waals surface area (Å²) < 4.78 is 6.64. The van der Waals surface area contributed by atoms with Crippen molar-refractivity contribution in [3.63, 3.8) is 0 Å². The largest absolute Gasteiger partial charge is 0.394 e. The summed E-state index contributed by atoms with van der Waals surface area (Å²) in [6.07, 6.45) is -3.18. The first-order valence-corrected chi connectivity index (χ1v) is 5.87. The summed E-state index contributed by atoms with van der Waals surface area (Å²) >= 11 is 0. The van der Waals surface area contributed by atoms with Crippen LogP contribution in [-0.4, -0.2) is 59.8 Å². The van der Waals surface area contributed by atoms with Gasteiger partial charge in [-0.1, -0.05) is 0 Å². The summed E-state index contributed by atoms with van der Waals surface area (Å²) in [4.78, 5) is 21.4. The van der Waals surface area contributed by atoms with Crippen molar-refractivity contribution in [1.82, 2.24) is 19.5 Å². The fourth-order valence-electron chi connectivity index (χ4n) is 2.25. The molecule has 0 aromatic carbocycles. The average molecular weight is 283 g/mol. The second-order valence-electron chi connectivity index (χ2n) is 4.51. The summed E-state index contributed by atoms with van der Waals surface area (Å²) in [5.74, 6) is 0.0468. The number of hydrogen-bond donors (Lipinski definition) is 5. The third kappa shape index (κ3) is 1.78. The maximum Gasteiger partial charge on any atom is 0.348 e. The number of fused-ring (bicyclic) bond motifs is 1. The SMILES string of the molecule is Nc1[nH]c(=O)nc2c1ncn2[C@@H]1O[C@@H](CO)[C@H](O)[C@@H]1O. The number of nitrogens with two attached hydrogens (primary N) is 1. The second kappa shape index (κ2) is 4.52. The van der Waals surface area contributed by atoms with Gasteiger partial charge in [-0.3, -0.25) is 9.55 Å². The molecule has 2 aromatic heterocycles. The maximum atomic E-state index is 11.4. The lowest BCUT2D eigenvalue weighted by Gasteiger charge is -2.16. The van der Waals surface area contributed by atoms with Crippen molar-refractivity contribution in [3.05, 3.63) is 16.8 Å². The number of ether oxygens (including phenoxy) is 1. The Labute approximate surface area is 111 Å². The van der Waals surface area contributed by atoms with Gasteiger partial charge >= 0.3 is 5.69 Å². The molecule has 6 N–H and O–H groups in total. The number of aromatic amines is 1. The molecule has 1 aliphatic rings. The molecule has 10 nitrogen and oxygen atoms in total. The van der Waals surface area contributed by atoms with E-state index in [4.69, 9.17) is 15.6 Å². The topological polar surface area (TPSA) is 160 Å². The first-order chi connectivity index (χ1) is 9.52. The zero-order valence-corrected chi connectivity index (χ0v) is 10.2. The van der Waals surface area contributed by atoms with Gasteiger partial charge in [-0.2, -0.15) is 4.98 Å². The summed E-state index contributed by atoms with van der Waals surface area (Å²) in [6.45, 7) is -0.447. The number of nitrogens with zero attached hydrogens (tertiary/aromatic N) is 3. The van der Waals surface area contributed by atoms with Crippen LogP contribution in [0.3, 0.4) is 0 Å². The van der Waals surface area contributed by atoms with Gasteiger partial charge in [0.05, 0.1) is 12.9 Å². The molecule has 0 bridgehead atoms. The molecule has 1 aliphatic heterocycles. The minimum atomic E-state index is -1.29. The molecule has 10 heteroatoms. The van der Waals surface area contributed by atoms with Crippen LogP contribution >= 0.6 is 0 Å². The Balaban J connectivity index is 2.09. The van der Waals surface area contributed by atoms with Crippen molar-refractivity contribution in [2.24, 2.45) is 0 Å². The number of anilines is 1. The van der Waals surface area contributed by atoms with E-state index in [0.29, 0.717) is 0 Å². The fourth-order valence-corrected chi connectivity index (χ4v) is 2.25. The van der Waals surface area contributed by atoms with Crippen LogP contribution in [0.5, 0.6) is 0 Å². The van der Waals surface area contributed by atoms with Gasteiger partial charge < -0.3 is 25.8 Å². The Kier molecular flexibility index (Phi) is 2.94. The zero-order valence-electron chi connectivity index (χ0n) is 10.2. The van der Waals surface area contributed by atoms with E-state index in [0.717, 1.165) is 0 Å². The third-order valence-electron chi connectivity index (χ3n) is 3.26. The second-order valence-corrected chi connectivity index (χ2v) is 4.51. The quantitative estimate of drug-likeness (QED) is 0.398. The highest BCUT2D eigenvalue weighted by Crippen LogP contribution is 2.31. The normalized spacial score (nSPS) is 30.1. The zero-order chi connectivity index (χ0) is 14.4. The molecule has 0 spiro atoms. The minimum Gasteiger partial charge on any atom is -0.394 e. The number of aliphatic hydroxyl groups is 3. The van der Waals surface area contributed by atoms with Crippen LogP contribution in [0, 0.1) is 0 Å². The highest BCUT2D eigenvalue weighted by atomic mass is 16.6. The van der Waals surface area contributed by atoms with Gasteiger partial charge in [0.25, 0.3) is 0 Å². The van der Waals surface area contributed by atoms with E-state index >= 15 is 0 Å². The predicted octanol–water partition coefficient (Wildman–Crippen LogP) is -2.69. The van der Waals surface area contributed by atoms with Crippen LogP contribution in [0.4, 0.5) is 5.82 Å². The number of rotatable bonds is 2. The lowest BCUT2D eigenvalue weighted by Crippen LogP contribution is -2.33. The Morgan fingerprint density at radius 1 is 1.45 bits per heavy atom. The molecular formula is C10H13N5O5. The number of imidazole rings is 1. The van der Waals surface area contributed by atoms with Gasteiger partial charge in [-0.05, 0) is 0 Å². The molecule has 3 rings (SSSR count). The molecule has 108 valence electrons. The van der Waals surface area contributed by atoms with Gasteiger partial charge in [0.1, 0.15) is 29.6 Å². The molecule has 0 unspecified atom stereocenters. The van der Waals surface area contributed by atoms with E-state index < -0.39 is 36.8 Å². The van der Waals surface area contributed by atoms with E-state index in [1.165, 1.54) is 10.9 Å². The average Bonchev–Trinajstić information content (AvgIpc) is 2.93. The van der Waals surface area contributed by atoms with Crippen LogP contribution in [0.25, 0.3) is 11.2 Å². The van der Waals surface area contributed by atoms with Crippen LogP contribution in [0.1, 0.15) is 6.23 Å². The van der Waals surface area contributed by atoms with Gasteiger partial charge in [-0.15, -0.1) is 0 Å². The van der Waals surface area contributed by atoms with Crippen molar-refractivity contribution in [2.45, 2.75) is 24.5 Å². The molecule has 2 aromatic rings. The van der Waals surface area contributed by atoms with E-state index in [1.807, 2.05) is 0 Å². The molecule has 4 atom stereocenters. The molecule has 0 saturated carbocycles. The summed E-state index contributed by atoms with van der Waals surface area (Å²) in [5.41, 5.74) is 5.34. The Hall–Kier alpha value is -2.01. The molecule has 0 aliphatic carbocycles. The number of aromatic nitrogens is 4. The molecular weight excluding hydrogens is 270 g/mol. The highest BCUT2D eigenvalue weighted by Gasteiger charge is 2.44. The highest BCUT2D eigenvalue weighted by molar-refractivity contribution is 5.81. The molecule has 0 radical (unpaired) electrons. The standard InChI is InChI=1S/C10H13N5O5/c11-7-4-8(14-10(19)13-7)15(2-12-4)9-6(18)5(17)3(1-16)20-9/h2-3,5-6,9,16-18H,1H2,(H3,11,13,14,19)/t3-,5-,6-,9+/m0/s1. The van der Waals surface area contributed by atoms with E-state index in [2.05, 4.69) is 15.0 Å². The minimum absolute atomic E-state index is 0.0468. The first kappa shape index (κ1) is 13.0. The van der Waals surface area contributed by atoms with E-state index in [9.17, 15) is 15.0 Å². The summed E-state index contributed by atoms with van der Waals surface area (Å²) in [6, 6.07) is 0. The van der Waals surface area contributed by atoms with Crippen molar-refractivity contribution in [3.8, 4) is 0 Å². The number of nitrogen functional groups attached to an aromatic ring is 1. The van der Waals surface area contributed by atoms with Crippen LogP contribution in [0.15, 0.2) is 11.1 Å². The van der Waals surface area contributed by atoms with Crippen molar-refractivity contribution < 1.29 is 20.1 Å². The van der Waals surface area contributed by atoms with Crippen molar-refractivity contribution in [1.29, 1.82) is 0 Å². The number of nitrogens with one attached hydrogen (secondary N) is 1. The van der Waals surface area contributed by atoms with Crippen LogP contribution in [0.2, 0.25) is 0 Å². The van der Waals surface area contributed by atoms with E-state index in [-0.39, 0.29) is 17.0 Å². The summed E-state index contributed by atoms with van der Waals surface area (Å²) in [7, 11) is 0. The monoisotopic (exact) mass is 283 g/mol. The van der Waals surface area contributed by atoms with Crippen molar-refractivity contribution in [2.75, 3.05) is 12.3 Å². The number of hydrogen-bond acceptors (Lipinski definition) is 8. The molecule has 0 amide bonds. The van der Waals surface area contributed by atoms with Gasteiger partial charge in [0.15, 0.2) is 11.9 Å². The lowest BCUT2D eigenvalue weighted by atomic mass is 10.1. The van der Waals surface area contributed by atoms with Gasteiger partial charge in [0, 0.05) is 0 Å². The third-order valence-corrected chi connectivity index (χ3v) is 3.26. The lowest BCUT2D eigenvalue weighted by molar-refractivity contribution is -0.0511. The van der Waals surface area contributed by atoms with Gasteiger partial charge in [-0.25, -0.2) is 9.78 Å². The van der Waals surface area contributed by atoms with E-state index in [1.54, 1.807) is 0 Å². The number of aliphatic hydroxyl groups excluding tert-OH is 3. The predicted molar refractivity (Wildman–Crippen MR) is 65.6 cm³/mol. The van der Waals surface area contributed by atoms with Crippen molar-refractivity contribution >= 4 is 17.0 Å².